The second-order valence-electron chi connectivity index (χ2n) is 7.67. The van der Waals surface area contributed by atoms with E-state index >= 15 is 0 Å². The second kappa shape index (κ2) is 10.7. The third-order valence-electron chi connectivity index (χ3n) is 5.75. The summed E-state index contributed by atoms with van der Waals surface area (Å²) in [6.45, 7) is 0.620. The van der Waals surface area contributed by atoms with Gasteiger partial charge in [0.1, 0.15) is 0 Å². The highest BCUT2D eigenvalue weighted by Gasteiger charge is 2.23. The molecular weight excluding hydrogens is 464 g/mol. The highest BCUT2D eigenvalue weighted by Crippen LogP contribution is 2.46. The highest BCUT2D eigenvalue weighted by atomic mass is 32.1. The summed E-state index contributed by atoms with van der Waals surface area (Å²) >= 11 is 4.78. The van der Waals surface area contributed by atoms with Gasteiger partial charge in [0, 0.05) is 17.7 Å². The van der Waals surface area contributed by atoms with Crippen molar-refractivity contribution in [2.75, 3.05) is 35.5 Å². The van der Waals surface area contributed by atoms with Crippen LogP contribution >= 0.6 is 12.6 Å². The van der Waals surface area contributed by atoms with Gasteiger partial charge in [-0.05, 0) is 29.8 Å². The molecule has 0 saturated carbocycles. The number of imidazole rings is 1. The third-order valence-corrected chi connectivity index (χ3v) is 6.19. The van der Waals surface area contributed by atoms with E-state index in [1.807, 2.05) is 48.8 Å². The Labute approximate surface area is 210 Å². The fourth-order valence-corrected chi connectivity index (χ4v) is 4.48. The van der Waals surface area contributed by atoms with E-state index in [4.69, 9.17) is 41.3 Å². The summed E-state index contributed by atoms with van der Waals surface area (Å²) in [7, 11) is 7.98. The summed E-state index contributed by atoms with van der Waals surface area (Å²) in [6, 6.07) is 17.8. The Hall–Kier alpha value is -3.78. The lowest BCUT2D eigenvalue weighted by atomic mass is 10.0. The second-order valence-corrected chi connectivity index (χ2v) is 8.11. The average molecular weight is 493 g/mol. The summed E-state index contributed by atoms with van der Waals surface area (Å²) in [5.41, 5.74) is 4.41. The lowest BCUT2D eigenvalue weighted by Gasteiger charge is -2.17. The molecule has 0 fully saturated rings. The van der Waals surface area contributed by atoms with Crippen molar-refractivity contribution in [1.29, 1.82) is 0 Å². The van der Waals surface area contributed by atoms with E-state index in [1.54, 1.807) is 35.5 Å². The number of hydrogen-bond acceptors (Lipinski definition) is 7. The lowest BCUT2D eigenvalue weighted by Crippen LogP contribution is -2.03. The van der Waals surface area contributed by atoms with E-state index in [2.05, 4.69) is 16.7 Å². The van der Waals surface area contributed by atoms with Crippen molar-refractivity contribution in [2.24, 2.45) is 0 Å². The summed E-state index contributed by atoms with van der Waals surface area (Å²) in [4.78, 5) is 5.44. The molecule has 0 aliphatic carbocycles. The first-order chi connectivity index (χ1) is 17.1. The summed E-state index contributed by atoms with van der Waals surface area (Å²) < 4.78 is 29.9. The average Bonchev–Trinajstić information content (AvgIpc) is 3.30. The maximum absolute atomic E-state index is 5.63. The number of thiol groups is 1. The molecule has 0 amide bonds. The Morgan fingerprint density at radius 3 is 1.94 bits per heavy atom. The van der Waals surface area contributed by atoms with Crippen molar-refractivity contribution in [3.63, 3.8) is 0 Å². The van der Waals surface area contributed by atoms with Crippen LogP contribution in [0.1, 0.15) is 5.56 Å². The van der Waals surface area contributed by atoms with Gasteiger partial charge < -0.3 is 28.3 Å². The normalized spacial score (nSPS) is 10.7. The number of benzene rings is 3. The van der Waals surface area contributed by atoms with E-state index in [0.29, 0.717) is 40.2 Å². The molecule has 35 heavy (non-hydrogen) atoms. The number of hydrogen-bond donors (Lipinski definition) is 1. The molecule has 0 N–H and O–H groups in total. The zero-order valence-electron chi connectivity index (χ0n) is 20.4. The van der Waals surface area contributed by atoms with Crippen LogP contribution in [-0.2, 0) is 6.54 Å². The van der Waals surface area contributed by atoms with Gasteiger partial charge in [-0.1, -0.05) is 30.3 Å². The Kier molecular flexibility index (Phi) is 7.41. The first-order valence-corrected chi connectivity index (χ1v) is 11.3. The zero-order valence-corrected chi connectivity index (χ0v) is 21.3. The van der Waals surface area contributed by atoms with Crippen LogP contribution in [0.5, 0.6) is 28.7 Å². The van der Waals surface area contributed by atoms with Gasteiger partial charge in [0.2, 0.25) is 5.75 Å². The molecule has 1 aromatic heterocycles. The first-order valence-electron chi connectivity index (χ1n) is 10.9. The third kappa shape index (κ3) is 4.61. The Balaban J connectivity index is 1.98. The Bertz CT molecular complexity index is 1300. The maximum Gasteiger partial charge on any atom is 0.203 e. The van der Waals surface area contributed by atoms with Crippen LogP contribution in [-0.4, -0.2) is 45.1 Å². The van der Waals surface area contributed by atoms with Gasteiger partial charge >= 0.3 is 0 Å². The van der Waals surface area contributed by atoms with Gasteiger partial charge in [0.15, 0.2) is 23.0 Å². The smallest absolute Gasteiger partial charge is 0.203 e. The van der Waals surface area contributed by atoms with Crippen molar-refractivity contribution in [3.8, 4) is 51.3 Å². The van der Waals surface area contributed by atoms with Gasteiger partial charge in [-0.3, -0.25) is 0 Å². The first kappa shape index (κ1) is 24.3. The van der Waals surface area contributed by atoms with E-state index in [1.165, 1.54) is 0 Å². The van der Waals surface area contributed by atoms with Crippen molar-refractivity contribution >= 4 is 12.6 Å². The van der Waals surface area contributed by atoms with Crippen LogP contribution < -0.4 is 23.7 Å². The molecule has 0 bridgehead atoms. The molecule has 8 heteroatoms. The predicted octanol–water partition coefficient (Wildman–Crippen LogP) is 5.60. The van der Waals surface area contributed by atoms with Crippen LogP contribution in [0.25, 0.3) is 22.5 Å². The van der Waals surface area contributed by atoms with Crippen molar-refractivity contribution < 1.29 is 23.7 Å². The van der Waals surface area contributed by atoms with Gasteiger partial charge in [0.05, 0.1) is 58.2 Å². The monoisotopic (exact) mass is 492 g/mol. The van der Waals surface area contributed by atoms with Gasteiger partial charge in [-0.25, -0.2) is 4.98 Å². The minimum atomic E-state index is 0.524. The summed E-state index contributed by atoms with van der Waals surface area (Å²) in [6.07, 6.45) is 1.82. The molecule has 0 spiro atoms. The fraction of sp³-hybridized carbons (Fsp3) is 0.222. The topological polar surface area (TPSA) is 64.0 Å². The molecule has 0 radical (unpaired) electrons. The summed E-state index contributed by atoms with van der Waals surface area (Å²) in [5.74, 6) is 2.77. The molecule has 7 nitrogen and oxygen atoms in total. The van der Waals surface area contributed by atoms with Gasteiger partial charge in [0.25, 0.3) is 0 Å². The van der Waals surface area contributed by atoms with Crippen molar-refractivity contribution in [1.82, 2.24) is 9.55 Å². The van der Waals surface area contributed by atoms with Crippen LogP contribution in [0.15, 0.2) is 65.8 Å². The van der Waals surface area contributed by atoms with Crippen LogP contribution in [0, 0.1) is 0 Å². The fourth-order valence-electron chi connectivity index (χ4n) is 4.10. The molecule has 1 heterocycles. The van der Waals surface area contributed by atoms with Crippen LogP contribution in [0.2, 0.25) is 0 Å². The van der Waals surface area contributed by atoms with E-state index < -0.39 is 0 Å². The predicted molar refractivity (Wildman–Crippen MR) is 139 cm³/mol. The minimum absolute atomic E-state index is 0.524. The molecule has 4 aromatic rings. The molecule has 0 aliphatic heterocycles. The molecule has 0 unspecified atom stereocenters. The largest absolute Gasteiger partial charge is 0.493 e. The molecule has 0 atom stereocenters. The quantitative estimate of drug-likeness (QED) is 0.307. The maximum atomic E-state index is 5.63. The van der Waals surface area contributed by atoms with Crippen LogP contribution in [0.4, 0.5) is 0 Å². The standard InChI is InChI=1S/C27H28N2O5S/c1-30-20-12-11-19(27(35)26(20)34-5)23-24(29(16-28-23)15-17-9-7-6-8-10-17)18-13-21(31-2)25(33-4)22(14-18)32-3/h6-14,16,35H,15H2,1-5H3. The molecule has 0 aliphatic rings. The van der Waals surface area contributed by atoms with Gasteiger partial charge in [-0.2, -0.15) is 0 Å². The van der Waals surface area contributed by atoms with E-state index in [9.17, 15) is 0 Å². The SMILES string of the molecule is COc1cc(-c2c(-c3ccc(OC)c(OC)c3S)ncn2Cc2ccccc2)cc(OC)c1OC. The number of rotatable bonds is 9. The van der Waals surface area contributed by atoms with Gasteiger partial charge in [-0.15, -0.1) is 12.6 Å². The number of aromatic nitrogens is 2. The Morgan fingerprint density at radius 2 is 1.37 bits per heavy atom. The number of methoxy groups -OCH3 is 5. The number of nitrogens with zero attached hydrogens (tertiary/aromatic N) is 2. The molecular formula is C27H28N2O5S. The van der Waals surface area contributed by atoms with Crippen molar-refractivity contribution in [3.05, 3.63) is 66.5 Å². The van der Waals surface area contributed by atoms with Crippen molar-refractivity contribution in [2.45, 2.75) is 11.4 Å². The van der Waals surface area contributed by atoms with E-state index in [-0.39, 0.29) is 0 Å². The van der Waals surface area contributed by atoms with E-state index in [0.717, 1.165) is 28.1 Å². The molecule has 4 rings (SSSR count). The number of ether oxygens (including phenoxy) is 5. The molecule has 182 valence electrons. The minimum Gasteiger partial charge on any atom is -0.493 e. The molecule has 0 saturated heterocycles. The highest BCUT2D eigenvalue weighted by molar-refractivity contribution is 7.80. The van der Waals surface area contributed by atoms with Crippen LogP contribution in [0.3, 0.4) is 0 Å². The Morgan fingerprint density at radius 1 is 0.743 bits per heavy atom. The lowest BCUT2D eigenvalue weighted by molar-refractivity contribution is 0.324. The molecule has 3 aromatic carbocycles. The zero-order chi connectivity index (χ0) is 24.9. The summed E-state index contributed by atoms with van der Waals surface area (Å²) in [5, 5.41) is 0.